The zero-order valence-corrected chi connectivity index (χ0v) is 22.2. The molecule has 15 heteroatoms. The van der Waals surface area contributed by atoms with E-state index in [4.69, 9.17) is 0 Å². The van der Waals surface area contributed by atoms with Crippen LogP contribution >= 0.6 is 0 Å². The predicted molar refractivity (Wildman–Crippen MR) is 126 cm³/mol. The molecule has 1 saturated carbocycles. The number of sulfone groups is 2. The lowest BCUT2D eigenvalue weighted by molar-refractivity contribution is -0.138. The molecule has 2 aromatic rings. The standard InChI is InChI=1S/C24H24F7NO5S2/c1-21(14-32-20(33)18-7-6-16(24(29,30)31)13-19(18)38(2,34)35)8-10-22(25,11-9-21)39(36,37)17-5-3-4-15(12-17)23(26,27)28/h3-7,12-13H,8-11,14H2,1-2H3,(H,32,33). The summed E-state index contributed by atoms with van der Waals surface area (Å²) in [7, 11) is -9.06. The molecule has 0 aliphatic heterocycles. The highest BCUT2D eigenvalue weighted by molar-refractivity contribution is 7.92. The molecule has 0 atom stereocenters. The second-order valence-corrected chi connectivity index (χ2v) is 14.1. The predicted octanol–water partition coefficient (Wildman–Crippen LogP) is 5.58. The maximum atomic E-state index is 15.7. The van der Waals surface area contributed by atoms with Gasteiger partial charge in [-0.25, -0.2) is 21.2 Å². The number of rotatable bonds is 6. The summed E-state index contributed by atoms with van der Waals surface area (Å²) in [6.07, 6.45) is -10.4. The highest BCUT2D eigenvalue weighted by atomic mass is 32.2. The summed E-state index contributed by atoms with van der Waals surface area (Å²) in [5.74, 6) is -1.00. The van der Waals surface area contributed by atoms with Gasteiger partial charge in [-0.05, 0) is 67.5 Å². The molecule has 6 nitrogen and oxygen atoms in total. The Morgan fingerprint density at radius 1 is 0.872 bits per heavy atom. The molecule has 0 bridgehead atoms. The van der Waals surface area contributed by atoms with E-state index in [9.17, 15) is 48.0 Å². The van der Waals surface area contributed by atoms with Gasteiger partial charge in [0.05, 0.1) is 26.5 Å². The number of alkyl halides is 7. The molecule has 3 rings (SSSR count). The Balaban J connectivity index is 1.76. The van der Waals surface area contributed by atoms with Crippen molar-refractivity contribution in [3.05, 3.63) is 59.2 Å². The number of hydrogen-bond acceptors (Lipinski definition) is 5. The minimum atomic E-state index is -4.85. The van der Waals surface area contributed by atoms with Gasteiger partial charge in [0.1, 0.15) is 0 Å². The van der Waals surface area contributed by atoms with Crippen LogP contribution in [0.15, 0.2) is 52.3 Å². The van der Waals surface area contributed by atoms with Crippen LogP contribution in [0.3, 0.4) is 0 Å². The maximum absolute atomic E-state index is 15.7. The molecule has 216 valence electrons. The average Bonchev–Trinajstić information content (AvgIpc) is 2.82. The van der Waals surface area contributed by atoms with E-state index >= 15 is 4.39 Å². The third-order valence-electron chi connectivity index (χ3n) is 6.79. The van der Waals surface area contributed by atoms with E-state index in [1.54, 1.807) is 6.92 Å². The van der Waals surface area contributed by atoms with Crippen LogP contribution < -0.4 is 5.32 Å². The van der Waals surface area contributed by atoms with Crippen LogP contribution in [0.1, 0.15) is 54.1 Å². The summed E-state index contributed by atoms with van der Waals surface area (Å²) in [5, 5.41) is -0.443. The Hall–Kier alpha value is -2.68. The van der Waals surface area contributed by atoms with Gasteiger partial charge in [0, 0.05) is 12.8 Å². The number of benzene rings is 2. The summed E-state index contributed by atoms with van der Waals surface area (Å²) in [6.45, 7) is 1.39. The van der Waals surface area contributed by atoms with E-state index in [0.29, 0.717) is 30.5 Å². The molecule has 0 heterocycles. The van der Waals surface area contributed by atoms with Gasteiger partial charge in [-0.15, -0.1) is 0 Å². The second kappa shape index (κ2) is 10.1. The van der Waals surface area contributed by atoms with Crippen molar-refractivity contribution in [1.82, 2.24) is 5.32 Å². The van der Waals surface area contributed by atoms with Crippen molar-refractivity contribution in [1.29, 1.82) is 0 Å². The van der Waals surface area contributed by atoms with Crippen LogP contribution in [0.2, 0.25) is 0 Å². The van der Waals surface area contributed by atoms with Crippen molar-refractivity contribution in [2.75, 3.05) is 12.8 Å². The van der Waals surface area contributed by atoms with Gasteiger partial charge in [0.2, 0.25) is 14.8 Å². The van der Waals surface area contributed by atoms with Crippen molar-refractivity contribution >= 4 is 25.6 Å². The molecule has 1 amide bonds. The van der Waals surface area contributed by atoms with Crippen LogP contribution in [0, 0.1) is 5.41 Å². The lowest BCUT2D eigenvalue weighted by atomic mass is 9.74. The average molecular weight is 604 g/mol. The molecular weight excluding hydrogens is 579 g/mol. The SMILES string of the molecule is CC1(CNC(=O)c2ccc(C(F)(F)F)cc2S(C)(=O)=O)CCC(F)(S(=O)(=O)c2cccc(C(F)(F)F)c2)CC1. The van der Waals surface area contributed by atoms with Gasteiger partial charge in [0.25, 0.3) is 5.91 Å². The normalized spacial score (nSPS) is 22.9. The Morgan fingerprint density at radius 3 is 1.92 bits per heavy atom. The molecule has 0 radical (unpaired) electrons. The minimum absolute atomic E-state index is 0.117. The van der Waals surface area contributed by atoms with Crippen LogP contribution in [-0.2, 0) is 32.0 Å². The first-order valence-corrected chi connectivity index (χ1v) is 14.8. The van der Waals surface area contributed by atoms with Gasteiger partial charge < -0.3 is 5.32 Å². The van der Waals surface area contributed by atoms with E-state index in [1.807, 2.05) is 0 Å². The van der Waals surface area contributed by atoms with Crippen molar-refractivity contribution in [2.45, 2.75) is 59.8 Å². The lowest BCUT2D eigenvalue weighted by Gasteiger charge is -2.40. The van der Waals surface area contributed by atoms with Gasteiger partial charge in [0.15, 0.2) is 9.84 Å². The van der Waals surface area contributed by atoms with Crippen LogP contribution in [0.5, 0.6) is 0 Å². The molecule has 0 unspecified atom stereocenters. The Morgan fingerprint density at radius 2 is 1.41 bits per heavy atom. The Kier molecular flexibility index (Phi) is 7.96. The molecular formula is C24H24F7NO5S2. The quantitative estimate of drug-likeness (QED) is 0.435. The van der Waals surface area contributed by atoms with E-state index in [-0.39, 0.29) is 19.4 Å². The van der Waals surface area contributed by atoms with Gasteiger partial charge in [-0.2, -0.15) is 26.3 Å². The molecule has 0 spiro atoms. The zero-order valence-electron chi connectivity index (χ0n) is 20.6. The largest absolute Gasteiger partial charge is 0.416 e. The van der Waals surface area contributed by atoms with Gasteiger partial charge in [-0.1, -0.05) is 13.0 Å². The third-order valence-corrected chi connectivity index (χ3v) is 10.2. The fourth-order valence-electron chi connectivity index (χ4n) is 4.31. The van der Waals surface area contributed by atoms with E-state index in [1.165, 1.54) is 0 Å². The number of halogens is 7. The van der Waals surface area contributed by atoms with E-state index in [2.05, 4.69) is 5.32 Å². The molecule has 0 saturated heterocycles. The summed E-state index contributed by atoms with van der Waals surface area (Å²) < 4.78 is 144. The maximum Gasteiger partial charge on any atom is 0.416 e. The fraction of sp³-hybridized carbons (Fsp3) is 0.458. The Labute approximate surface area is 220 Å². The zero-order chi connectivity index (χ0) is 29.7. The van der Waals surface area contributed by atoms with Crippen molar-refractivity contribution in [3.63, 3.8) is 0 Å². The molecule has 1 fully saturated rings. The summed E-state index contributed by atoms with van der Waals surface area (Å²) in [5.41, 5.74) is -3.93. The number of carbonyl (C=O) groups excluding carboxylic acids is 1. The lowest BCUT2D eigenvalue weighted by Crippen LogP contribution is -2.45. The molecule has 39 heavy (non-hydrogen) atoms. The minimum Gasteiger partial charge on any atom is -0.351 e. The van der Waals surface area contributed by atoms with Crippen molar-refractivity contribution < 1.29 is 52.4 Å². The van der Waals surface area contributed by atoms with Crippen LogP contribution in [-0.4, -0.2) is 40.5 Å². The van der Waals surface area contributed by atoms with Crippen LogP contribution in [0.25, 0.3) is 0 Å². The van der Waals surface area contributed by atoms with Crippen molar-refractivity contribution in [2.24, 2.45) is 5.41 Å². The topological polar surface area (TPSA) is 97.4 Å². The molecule has 1 aliphatic carbocycles. The van der Waals surface area contributed by atoms with Crippen LogP contribution in [0.4, 0.5) is 30.7 Å². The highest BCUT2D eigenvalue weighted by Gasteiger charge is 2.50. The third kappa shape index (κ3) is 6.56. The van der Waals surface area contributed by atoms with Gasteiger partial charge in [-0.3, -0.25) is 4.79 Å². The number of hydrogen-bond donors (Lipinski definition) is 1. The molecule has 2 aromatic carbocycles. The summed E-state index contributed by atoms with van der Waals surface area (Å²) in [6, 6.07) is 4.41. The second-order valence-electron chi connectivity index (χ2n) is 9.89. The molecule has 1 aliphatic rings. The number of carbonyl (C=O) groups is 1. The van der Waals surface area contributed by atoms with Crippen molar-refractivity contribution in [3.8, 4) is 0 Å². The van der Waals surface area contributed by atoms with Gasteiger partial charge >= 0.3 is 12.4 Å². The highest BCUT2D eigenvalue weighted by Crippen LogP contribution is 2.47. The Bertz CT molecular complexity index is 1470. The molecule has 0 aromatic heterocycles. The summed E-state index contributed by atoms with van der Waals surface area (Å²) in [4.78, 5) is 11.1. The first-order valence-electron chi connectivity index (χ1n) is 11.4. The summed E-state index contributed by atoms with van der Waals surface area (Å²) >= 11 is 0. The van der Waals surface area contributed by atoms with E-state index < -0.39 is 87.7 Å². The molecule has 1 N–H and O–H groups in total. The first kappa shape index (κ1) is 30.9. The van der Waals surface area contributed by atoms with E-state index in [0.717, 1.165) is 18.2 Å². The monoisotopic (exact) mass is 603 g/mol. The number of amides is 1. The number of nitrogens with one attached hydrogen (secondary N) is 1. The fourth-order valence-corrected chi connectivity index (χ4v) is 6.91. The first-order chi connectivity index (χ1) is 17.6. The smallest absolute Gasteiger partial charge is 0.351 e.